The maximum Gasteiger partial charge on any atom is 0.148 e. The standard InChI is InChI=1S/C15H34N2O2S/c1-8-15(9-2,12-16-14(3,4)5)13-17(6)10-11-20(7,18)19/h16H,8-13H2,1-7H3. The molecule has 0 fully saturated rings. The van der Waals surface area contributed by atoms with E-state index in [-0.39, 0.29) is 16.7 Å². The van der Waals surface area contributed by atoms with Crippen molar-refractivity contribution in [3.8, 4) is 0 Å². The molecule has 122 valence electrons. The molecule has 0 heterocycles. The third-order valence-electron chi connectivity index (χ3n) is 3.94. The van der Waals surface area contributed by atoms with E-state index in [4.69, 9.17) is 0 Å². The molecule has 0 bridgehead atoms. The van der Waals surface area contributed by atoms with Gasteiger partial charge in [-0.3, -0.25) is 0 Å². The van der Waals surface area contributed by atoms with Crippen LogP contribution in [0.4, 0.5) is 0 Å². The Morgan fingerprint density at radius 1 is 1.10 bits per heavy atom. The van der Waals surface area contributed by atoms with Crippen LogP contribution in [0, 0.1) is 5.41 Å². The molecular weight excluding hydrogens is 272 g/mol. The van der Waals surface area contributed by atoms with Crippen LogP contribution in [0.3, 0.4) is 0 Å². The van der Waals surface area contributed by atoms with Gasteiger partial charge in [0.25, 0.3) is 0 Å². The van der Waals surface area contributed by atoms with E-state index >= 15 is 0 Å². The molecule has 5 heteroatoms. The molecule has 4 nitrogen and oxygen atoms in total. The number of sulfone groups is 1. The topological polar surface area (TPSA) is 49.4 Å². The van der Waals surface area contributed by atoms with Crippen molar-refractivity contribution in [2.45, 2.75) is 53.0 Å². The molecule has 0 radical (unpaired) electrons. The zero-order valence-corrected chi connectivity index (χ0v) is 15.2. The van der Waals surface area contributed by atoms with Gasteiger partial charge in [-0.25, -0.2) is 8.42 Å². The predicted molar refractivity (Wildman–Crippen MR) is 88.0 cm³/mol. The Hall–Kier alpha value is -0.130. The number of nitrogens with one attached hydrogen (secondary N) is 1. The van der Waals surface area contributed by atoms with Crippen molar-refractivity contribution in [2.24, 2.45) is 5.41 Å². The number of hydrogen-bond acceptors (Lipinski definition) is 4. The van der Waals surface area contributed by atoms with Crippen molar-refractivity contribution in [3.05, 3.63) is 0 Å². The highest BCUT2D eigenvalue weighted by atomic mass is 32.2. The zero-order chi connectivity index (χ0) is 16.0. The van der Waals surface area contributed by atoms with Crippen LogP contribution in [0.15, 0.2) is 0 Å². The smallest absolute Gasteiger partial charge is 0.148 e. The molecule has 0 atom stereocenters. The van der Waals surface area contributed by atoms with Gasteiger partial charge >= 0.3 is 0 Å². The molecule has 0 aliphatic carbocycles. The summed E-state index contributed by atoms with van der Waals surface area (Å²) in [5.74, 6) is 0.236. The lowest BCUT2D eigenvalue weighted by Crippen LogP contribution is -2.48. The highest BCUT2D eigenvalue weighted by Crippen LogP contribution is 2.27. The first-order valence-electron chi connectivity index (χ1n) is 7.54. The molecule has 0 spiro atoms. The fourth-order valence-electron chi connectivity index (χ4n) is 2.21. The van der Waals surface area contributed by atoms with E-state index in [9.17, 15) is 8.42 Å². The average molecular weight is 307 g/mol. The molecular formula is C15H34N2O2S. The fraction of sp³-hybridized carbons (Fsp3) is 1.00. The molecule has 0 unspecified atom stereocenters. The summed E-state index contributed by atoms with van der Waals surface area (Å²) in [6.07, 6.45) is 3.49. The molecule has 0 aromatic heterocycles. The Balaban J connectivity index is 4.58. The van der Waals surface area contributed by atoms with Gasteiger partial charge in [-0.05, 0) is 46.1 Å². The molecule has 0 saturated carbocycles. The molecule has 0 amide bonds. The minimum Gasteiger partial charge on any atom is -0.311 e. The van der Waals surface area contributed by atoms with Crippen molar-refractivity contribution in [2.75, 3.05) is 38.7 Å². The van der Waals surface area contributed by atoms with Crippen LogP contribution in [-0.2, 0) is 9.84 Å². The lowest BCUT2D eigenvalue weighted by molar-refractivity contribution is 0.149. The van der Waals surface area contributed by atoms with Crippen molar-refractivity contribution in [3.63, 3.8) is 0 Å². The first kappa shape index (κ1) is 19.9. The normalized spacial score (nSPS) is 14.0. The van der Waals surface area contributed by atoms with Crippen molar-refractivity contribution >= 4 is 9.84 Å². The molecule has 0 aliphatic heterocycles. The van der Waals surface area contributed by atoms with Gasteiger partial charge in [0, 0.05) is 31.4 Å². The van der Waals surface area contributed by atoms with Crippen molar-refractivity contribution < 1.29 is 8.42 Å². The van der Waals surface area contributed by atoms with E-state index in [0.29, 0.717) is 6.54 Å². The summed E-state index contributed by atoms with van der Waals surface area (Å²) in [5.41, 5.74) is 0.320. The number of rotatable bonds is 9. The molecule has 0 aromatic rings. The average Bonchev–Trinajstić information content (AvgIpc) is 2.30. The van der Waals surface area contributed by atoms with Crippen LogP contribution in [0.1, 0.15) is 47.5 Å². The largest absolute Gasteiger partial charge is 0.311 e. The summed E-state index contributed by atoms with van der Waals surface area (Å²) in [7, 11) is -0.865. The summed E-state index contributed by atoms with van der Waals surface area (Å²) in [6.45, 7) is 13.5. The van der Waals surface area contributed by atoms with E-state index in [1.807, 2.05) is 7.05 Å². The fourth-order valence-corrected chi connectivity index (χ4v) is 2.85. The van der Waals surface area contributed by atoms with E-state index < -0.39 is 9.84 Å². The maximum absolute atomic E-state index is 11.3. The van der Waals surface area contributed by atoms with E-state index in [2.05, 4.69) is 44.8 Å². The molecule has 0 aromatic carbocycles. The Bertz CT molecular complexity index is 368. The van der Waals surface area contributed by atoms with E-state index in [0.717, 1.165) is 25.9 Å². The molecule has 1 N–H and O–H groups in total. The summed E-state index contributed by atoms with van der Waals surface area (Å²) in [4.78, 5) is 2.15. The predicted octanol–water partition coefficient (Wildman–Crippen LogP) is 2.16. The van der Waals surface area contributed by atoms with Gasteiger partial charge in [-0.2, -0.15) is 0 Å². The minimum atomic E-state index is -2.88. The van der Waals surface area contributed by atoms with Gasteiger partial charge in [0.05, 0.1) is 5.75 Å². The van der Waals surface area contributed by atoms with Crippen LogP contribution in [0.5, 0.6) is 0 Å². The lowest BCUT2D eigenvalue weighted by Gasteiger charge is -2.38. The third-order valence-corrected chi connectivity index (χ3v) is 4.87. The van der Waals surface area contributed by atoms with Gasteiger partial charge in [-0.1, -0.05) is 13.8 Å². The van der Waals surface area contributed by atoms with Crippen LogP contribution in [0.25, 0.3) is 0 Å². The molecule has 0 aliphatic rings. The Morgan fingerprint density at radius 2 is 1.60 bits per heavy atom. The first-order chi connectivity index (χ1) is 8.93. The highest BCUT2D eigenvalue weighted by Gasteiger charge is 2.29. The van der Waals surface area contributed by atoms with Crippen LogP contribution in [-0.4, -0.2) is 57.5 Å². The van der Waals surface area contributed by atoms with Gasteiger partial charge in [0.15, 0.2) is 0 Å². The summed E-state index contributed by atoms with van der Waals surface area (Å²) < 4.78 is 22.5. The number of hydrogen-bond donors (Lipinski definition) is 1. The van der Waals surface area contributed by atoms with Gasteiger partial charge in [0.1, 0.15) is 9.84 Å². The second-order valence-corrected chi connectivity index (χ2v) is 9.44. The molecule has 20 heavy (non-hydrogen) atoms. The summed E-state index contributed by atoms with van der Waals surface area (Å²) in [5, 5.41) is 3.60. The van der Waals surface area contributed by atoms with Crippen molar-refractivity contribution in [1.82, 2.24) is 10.2 Å². The maximum atomic E-state index is 11.3. The second kappa shape index (κ2) is 7.76. The van der Waals surface area contributed by atoms with E-state index in [1.54, 1.807) is 0 Å². The molecule has 0 saturated heterocycles. The Kier molecular flexibility index (Phi) is 7.71. The third kappa shape index (κ3) is 8.93. The lowest BCUT2D eigenvalue weighted by atomic mass is 9.81. The monoisotopic (exact) mass is 306 g/mol. The highest BCUT2D eigenvalue weighted by molar-refractivity contribution is 7.90. The van der Waals surface area contributed by atoms with Crippen LogP contribution < -0.4 is 5.32 Å². The quantitative estimate of drug-likeness (QED) is 0.709. The first-order valence-corrected chi connectivity index (χ1v) is 9.60. The zero-order valence-electron chi connectivity index (χ0n) is 14.4. The minimum absolute atomic E-state index is 0.112. The second-order valence-electron chi connectivity index (χ2n) is 7.18. The van der Waals surface area contributed by atoms with Crippen LogP contribution >= 0.6 is 0 Å². The van der Waals surface area contributed by atoms with Gasteiger partial charge in [-0.15, -0.1) is 0 Å². The van der Waals surface area contributed by atoms with Crippen LogP contribution in [0.2, 0.25) is 0 Å². The van der Waals surface area contributed by atoms with Crippen molar-refractivity contribution in [1.29, 1.82) is 0 Å². The molecule has 0 rings (SSSR count). The summed E-state index contributed by atoms with van der Waals surface area (Å²) >= 11 is 0. The van der Waals surface area contributed by atoms with Gasteiger partial charge < -0.3 is 10.2 Å². The Morgan fingerprint density at radius 3 is 1.95 bits per heavy atom. The number of nitrogens with zero attached hydrogens (tertiary/aromatic N) is 1. The summed E-state index contributed by atoms with van der Waals surface area (Å²) in [6, 6.07) is 0. The van der Waals surface area contributed by atoms with Gasteiger partial charge in [0.2, 0.25) is 0 Å². The Labute approximate surface area is 126 Å². The van der Waals surface area contributed by atoms with E-state index in [1.165, 1.54) is 6.26 Å². The SMILES string of the molecule is CCC(CC)(CNC(C)(C)C)CN(C)CCS(C)(=O)=O.